The summed E-state index contributed by atoms with van der Waals surface area (Å²) >= 11 is 6.30. The Balaban J connectivity index is 2.23. The Kier molecular flexibility index (Phi) is 3.62. The van der Waals surface area contributed by atoms with Crippen LogP contribution in [-0.2, 0) is 4.74 Å². The van der Waals surface area contributed by atoms with Crippen molar-refractivity contribution < 1.29 is 9.53 Å². The van der Waals surface area contributed by atoms with Crippen LogP contribution in [0.15, 0.2) is 0 Å². The molecule has 2 rings (SSSR count). The number of likely N-dealkylation sites (N-methyl/N-ethyl adjacent to an activating group) is 1. The summed E-state index contributed by atoms with van der Waals surface area (Å²) in [5.74, 6) is 0. The number of hydrogen-bond acceptors (Lipinski definition) is 6. The number of carbonyl (C=O) groups is 1. The molecule has 1 N–H and O–H groups in total. The Labute approximate surface area is 114 Å². The highest BCUT2D eigenvalue weighted by Gasteiger charge is 2.40. The maximum Gasteiger partial charge on any atom is 0.329 e. The van der Waals surface area contributed by atoms with Crippen LogP contribution >= 0.6 is 23.6 Å². The van der Waals surface area contributed by atoms with Crippen LogP contribution in [0.2, 0.25) is 0 Å². The highest BCUT2D eigenvalue weighted by atomic mass is 32.1. The van der Waals surface area contributed by atoms with Crippen LogP contribution in [0.1, 0.15) is 5.01 Å². The molecule has 98 valence electrons. The number of thiocarbonyl (C=S) groups is 1. The molecule has 2 amide bonds. The number of aromatic nitrogens is 2. The molecule has 7 nitrogen and oxygen atoms in total. The second-order valence-corrected chi connectivity index (χ2v) is 5.28. The molecule has 2 heterocycles. The van der Waals surface area contributed by atoms with Crippen molar-refractivity contribution in [1.82, 2.24) is 20.4 Å². The standard InChI is InChI=1S/C9H13N5O2S2/c1-5-11-12-7(18-5)14-6(16-8(17)10-2)4-13(3)9(14)15/h6H,4H2,1-3H3,(H,10,17). The topological polar surface area (TPSA) is 70.6 Å². The summed E-state index contributed by atoms with van der Waals surface area (Å²) in [6, 6.07) is -0.171. The first-order valence-electron chi connectivity index (χ1n) is 5.25. The lowest BCUT2D eigenvalue weighted by atomic mass is 10.5. The Hall–Kier alpha value is -1.48. The highest BCUT2D eigenvalue weighted by Crippen LogP contribution is 2.27. The van der Waals surface area contributed by atoms with Crippen LogP contribution in [0.3, 0.4) is 0 Å². The fourth-order valence-corrected chi connectivity index (χ4v) is 2.39. The van der Waals surface area contributed by atoms with E-state index >= 15 is 0 Å². The van der Waals surface area contributed by atoms with E-state index in [1.165, 1.54) is 16.2 Å². The normalized spacial score (nSPS) is 19.3. The molecule has 1 saturated heterocycles. The number of amides is 2. The van der Waals surface area contributed by atoms with Gasteiger partial charge in [-0.15, -0.1) is 10.2 Å². The molecule has 18 heavy (non-hydrogen) atoms. The monoisotopic (exact) mass is 287 g/mol. The van der Waals surface area contributed by atoms with Gasteiger partial charge in [-0.3, -0.25) is 0 Å². The predicted molar refractivity (Wildman–Crippen MR) is 71.7 cm³/mol. The van der Waals surface area contributed by atoms with Crippen molar-refractivity contribution in [1.29, 1.82) is 0 Å². The van der Waals surface area contributed by atoms with Crippen molar-refractivity contribution in [3.05, 3.63) is 5.01 Å². The zero-order valence-electron chi connectivity index (χ0n) is 10.2. The molecule has 1 aromatic heterocycles. The van der Waals surface area contributed by atoms with Crippen LogP contribution in [0.25, 0.3) is 0 Å². The fraction of sp³-hybridized carbons (Fsp3) is 0.556. The summed E-state index contributed by atoms with van der Waals surface area (Å²) in [6.07, 6.45) is -0.477. The van der Waals surface area contributed by atoms with Gasteiger partial charge in [0.05, 0.1) is 6.54 Å². The Morgan fingerprint density at radius 1 is 1.61 bits per heavy atom. The van der Waals surface area contributed by atoms with E-state index in [1.54, 1.807) is 19.0 Å². The molecule has 1 aromatic rings. The second kappa shape index (κ2) is 5.02. The molecule has 0 aliphatic carbocycles. The van der Waals surface area contributed by atoms with Crippen molar-refractivity contribution >= 4 is 39.9 Å². The van der Waals surface area contributed by atoms with E-state index in [4.69, 9.17) is 17.0 Å². The van der Waals surface area contributed by atoms with E-state index in [0.29, 0.717) is 11.7 Å². The summed E-state index contributed by atoms with van der Waals surface area (Å²) < 4.78 is 5.50. The molecular weight excluding hydrogens is 274 g/mol. The maximum atomic E-state index is 12.0. The van der Waals surface area contributed by atoms with E-state index in [2.05, 4.69) is 15.5 Å². The molecule has 0 radical (unpaired) electrons. The number of hydrogen-bond donors (Lipinski definition) is 1. The Morgan fingerprint density at radius 3 is 2.89 bits per heavy atom. The van der Waals surface area contributed by atoms with Crippen LogP contribution in [0.4, 0.5) is 9.93 Å². The van der Waals surface area contributed by atoms with Gasteiger partial charge < -0.3 is 15.0 Å². The number of rotatable bonds is 2. The lowest BCUT2D eigenvalue weighted by Gasteiger charge is -2.20. The molecule has 9 heteroatoms. The molecule has 0 aromatic carbocycles. The fourth-order valence-electron chi connectivity index (χ4n) is 1.56. The van der Waals surface area contributed by atoms with Crippen LogP contribution < -0.4 is 10.2 Å². The van der Waals surface area contributed by atoms with Gasteiger partial charge in [-0.05, 0) is 19.1 Å². The molecule has 0 saturated carbocycles. The third-order valence-corrected chi connectivity index (χ3v) is 3.56. The molecule has 1 unspecified atom stereocenters. The number of aryl methyl sites for hydroxylation is 1. The first-order chi connectivity index (χ1) is 8.52. The van der Waals surface area contributed by atoms with Gasteiger partial charge in [0, 0.05) is 14.1 Å². The van der Waals surface area contributed by atoms with Gasteiger partial charge in [0.2, 0.25) is 11.4 Å². The Morgan fingerprint density at radius 2 is 2.33 bits per heavy atom. The SMILES string of the molecule is CNC(=S)OC1CN(C)C(=O)N1c1nnc(C)s1. The van der Waals surface area contributed by atoms with Crippen molar-refractivity contribution in [3.8, 4) is 0 Å². The zero-order chi connectivity index (χ0) is 13.3. The average molecular weight is 287 g/mol. The van der Waals surface area contributed by atoms with Crippen molar-refractivity contribution in [2.75, 3.05) is 25.5 Å². The number of carbonyl (C=O) groups excluding carboxylic acids is 1. The summed E-state index contributed by atoms with van der Waals surface area (Å²) in [6.45, 7) is 2.26. The predicted octanol–water partition coefficient (Wildman–Crippen LogP) is 0.565. The third kappa shape index (κ3) is 2.36. The molecule has 0 bridgehead atoms. The number of nitrogens with zero attached hydrogens (tertiary/aromatic N) is 4. The minimum absolute atomic E-state index is 0.171. The minimum Gasteiger partial charge on any atom is -0.444 e. The lowest BCUT2D eigenvalue weighted by molar-refractivity contribution is 0.194. The molecule has 1 fully saturated rings. The molecule has 1 atom stereocenters. The van der Waals surface area contributed by atoms with Crippen LogP contribution in [-0.4, -0.2) is 53.2 Å². The number of urea groups is 1. The first kappa shape index (κ1) is 13.0. The summed E-state index contributed by atoms with van der Waals surface area (Å²) in [4.78, 5) is 15.1. The van der Waals surface area contributed by atoms with Gasteiger partial charge in [-0.2, -0.15) is 0 Å². The quantitative estimate of drug-likeness (QED) is 0.802. The van der Waals surface area contributed by atoms with E-state index in [9.17, 15) is 4.79 Å². The average Bonchev–Trinajstić information content (AvgIpc) is 2.85. The molecule has 0 spiro atoms. The van der Waals surface area contributed by atoms with Gasteiger partial charge in [0.25, 0.3) is 5.17 Å². The van der Waals surface area contributed by atoms with E-state index in [1.807, 2.05) is 6.92 Å². The largest absolute Gasteiger partial charge is 0.444 e. The van der Waals surface area contributed by atoms with Crippen molar-refractivity contribution in [2.24, 2.45) is 0 Å². The third-order valence-electron chi connectivity index (χ3n) is 2.42. The number of nitrogens with one attached hydrogen (secondary N) is 1. The minimum atomic E-state index is -0.477. The Bertz CT molecular complexity index is 477. The van der Waals surface area contributed by atoms with E-state index in [-0.39, 0.29) is 11.2 Å². The van der Waals surface area contributed by atoms with Gasteiger partial charge in [0.15, 0.2) is 0 Å². The summed E-state index contributed by atoms with van der Waals surface area (Å²) in [5, 5.41) is 12.2. The molecule has 1 aliphatic rings. The summed E-state index contributed by atoms with van der Waals surface area (Å²) in [7, 11) is 3.37. The highest BCUT2D eigenvalue weighted by molar-refractivity contribution is 7.80. The van der Waals surface area contributed by atoms with E-state index in [0.717, 1.165) is 5.01 Å². The smallest absolute Gasteiger partial charge is 0.329 e. The summed E-state index contributed by atoms with van der Waals surface area (Å²) in [5.41, 5.74) is 0. The van der Waals surface area contributed by atoms with Gasteiger partial charge in [0.1, 0.15) is 5.01 Å². The van der Waals surface area contributed by atoms with Gasteiger partial charge >= 0.3 is 6.03 Å². The lowest BCUT2D eigenvalue weighted by Crippen LogP contribution is -2.39. The van der Waals surface area contributed by atoms with E-state index < -0.39 is 6.23 Å². The van der Waals surface area contributed by atoms with Crippen molar-refractivity contribution in [3.63, 3.8) is 0 Å². The zero-order valence-corrected chi connectivity index (χ0v) is 11.8. The maximum absolute atomic E-state index is 12.0. The van der Waals surface area contributed by atoms with Crippen molar-refractivity contribution in [2.45, 2.75) is 13.2 Å². The first-order valence-corrected chi connectivity index (χ1v) is 6.48. The second-order valence-electron chi connectivity index (χ2n) is 3.75. The van der Waals surface area contributed by atoms with Crippen LogP contribution in [0, 0.1) is 6.92 Å². The number of ether oxygens (including phenoxy) is 1. The number of anilines is 1. The molecular formula is C9H13N5O2S2. The van der Waals surface area contributed by atoms with Gasteiger partial charge in [-0.1, -0.05) is 11.3 Å². The van der Waals surface area contributed by atoms with Crippen LogP contribution in [0.5, 0.6) is 0 Å². The molecule has 1 aliphatic heterocycles. The van der Waals surface area contributed by atoms with Gasteiger partial charge in [-0.25, -0.2) is 9.69 Å².